The zero-order valence-corrected chi connectivity index (χ0v) is 7.13. The zero-order valence-electron chi connectivity index (χ0n) is 7.13. The van der Waals surface area contributed by atoms with Gasteiger partial charge in [-0.05, 0) is 0 Å². The van der Waals surface area contributed by atoms with Crippen molar-refractivity contribution in [1.82, 2.24) is 9.78 Å². The minimum Gasteiger partial charge on any atom is -0.284 e. The first-order valence-corrected chi connectivity index (χ1v) is 3.73. The summed E-state index contributed by atoms with van der Waals surface area (Å²) in [5.74, 6) is -2.09. The SMILES string of the molecule is O=C(c1cnn(CC(F)F)c1)C(F)(F)F. The molecule has 1 heterocycles. The average Bonchev–Trinajstić information content (AvgIpc) is 2.48. The number of ketones is 1. The molecule has 1 rings (SSSR count). The molecule has 0 saturated heterocycles. The van der Waals surface area contributed by atoms with Crippen molar-refractivity contribution in [3.8, 4) is 0 Å². The van der Waals surface area contributed by atoms with Crippen LogP contribution in [-0.4, -0.2) is 28.2 Å². The third kappa shape index (κ3) is 3.00. The van der Waals surface area contributed by atoms with E-state index in [1.54, 1.807) is 0 Å². The van der Waals surface area contributed by atoms with Gasteiger partial charge in [0.15, 0.2) is 0 Å². The third-order valence-electron chi connectivity index (χ3n) is 1.48. The van der Waals surface area contributed by atoms with E-state index < -0.39 is 30.5 Å². The maximum atomic E-state index is 11.9. The molecule has 0 atom stereocenters. The Labute approximate surface area is 80.5 Å². The Bertz CT molecular complexity index is 357. The van der Waals surface area contributed by atoms with Crippen molar-refractivity contribution in [3.05, 3.63) is 18.0 Å². The Balaban J connectivity index is 2.81. The van der Waals surface area contributed by atoms with Crippen LogP contribution in [-0.2, 0) is 6.54 Å². The molecule has 0 bridgehead atoms. The van der Waals surface area contributed by atoms with Gasteiger partial charge >= 0.3 is 6.18 Å². The first-order valence-electron chi connectivity index (χ1n) is 3.73. The number of halogens is 5. The molecule has 0 aliphatic carbocycles. The number of hydrogen-bond donors (Lipinski definition) is 0. The summed E-state index contributed by atoms with van der Waals surface area (Å²) in [5, 5.41) is 3.21. The van der Waals surface area contributed by atoms with Crippen LogP contribution in [0.4, 0.5) is 22.0 Å². The van der Waals surface area contributed by atoms with Gasteiger partial charge in [0.2, 0.25) is 0 Å². The second-order valence-electron chi connectivity index (χ2n) is 2.67. The van der Waals surface area contributed by atoms with Crippen molar-refractivity contribution in [1.29, 1.82) is 0 Å². The van der Waals surface area contributed by atoms with E-state index in [9.17, 15) is 26.7 Å². The van der Waals surface area contributed by atoms with Gasteiger partial charge in [-0.25, -0.2) is 8.78 Å². The number of rotatable bonds is 3. The summed E-state index contributed by atoms with van der Waals surface area (Å²) in [7, 11) is 0. The molecule has 8 heteroatoms. The van der Waals surface area contributed by atoms with Crippen molar-refractivity contribution in [3.63, 3.8) is 0 Å². The zero-order chi connectivity index (χ0) is 11.6. The summed E-state index contributed by atoms with van der Waals surface area (Å²) in [6.07, 6.45) is -6.50. The summed E-state index contributed by atoms with van der Waals surface area (Å²) in [5.41, 5.74) is -0.747. The molecule has 0 saturated carbocycles. The fraction of sp³-hybridized carbons (Fsp3) is 0.429. The highest BCUT2D eigenvalue weighted by molar-refractivity contribution is 5.99. The standard InChI is InChI=1S/C7H5F5N2O/c8-5(9)3-14-2-4(1-13-14)6(15)7(10,11)12/h1-2,5H,3H2. The lowest BCUT2D eigenvalue weighted by atomic mass is 10.2. The maximum absolute atomic E-state index is 11.9. The van der Waals surface area contributed by atoms with E-state index in [0.29, 0.717) is 17.1 Å². The van der Waals surface area contributed by atoms with E-state index in [1.165, 1.54) is 0 Å². The quantitative estimate of drug-likeness (QED) is 0.584. The first kappa shape index (κ1) is 11.6. The van der Waals surface area contributed by atoms with Crippen LogP contribution >= 0.6 is 0 Å². The highest BCUT2D eigenvalue weighted by Gasteiger charge is 2.39. The van der Waals surface area contributed by atoms with Crippen LogP contribution in [0.15, 0.2) is 12.4 Å². The topological polar surface area (TPSA) is 34.9 Å². The molecule has 3 nitrogen and oxygen atoms in total. The van der Waals surface area contributed by atoms with Crippen LogP contribution < -0.4 is 0 Å². The fourth-order valence-corrected chi connectivity index (χ4v) is 0.886. The van der Waals surface area contributed by atoms with Gasteiger partial charge in [0.1, 0.15) is 6.54 Å². The van der Waals surface area contributed by atoms with Crippen molar-refractivity contribution >= 4 is 5.78 Å². The summed E-state index contributed by atoms with van der Waals surface area (Å²) in [6.45, 7) is -0.842. The van der Waals surface area contributed by atoms with Gasteiger partial charge in [0, 0.05) is 6.20 Å². The summed E-state index contributed by atoms with van der Waals surface area (Å²) in [6, 6.07) is 0. The Morgan fingerprint density at radius 2 is 2.07 bits per heavy atom. The van der Waals surface area contributed by atoms with Crippen LogP contribution in [0.2, 0.25) is 0 Å². The van der Waals surface area contributed by atoms with Crippen LogP contribution in [0.25, 0.3) is 0 Å². The van der Waals surface area contributed by atoms with Crippen LogP contribution in [0.3, 0.4) is 0 Å². The molecule has 1 aromatic rings. The Morgan fingerprint density at radius 1 is 1.47 bits per heavy atom. The van der Waals surface area contributed by atoms with Gasteiger partial charge in [-0.1, -0.05) is 0 Å². The van der Waals surface area contributed by atoms with Crippen LogP contribution in [0, 0.1) is 0 Å². The summed E-state index contributed by atoms with van der Waals surface area (Å²) in [4.78, 5) is 10.6. The lowest BCUT2D eigenvalue weighted by Gasteiger charge is -2.01. The van der Waals surface area contributed by atoms with Crippen molar-refractivity contribution < 1.29 is 26.7 Å². The predicted octanol–water partition coefficient (Wildman–Crippen LogP) is 1.89. The maximum Gasteiger partial charge on any atom is 0.454 e. The lowest BCUT2D eigenvalue weighted by molar-refractivity contribution is -0.0885. The van der Waals surface area contributed by atoms with Gasteiger partial charge in [0.05, 0.1) is 11.8 Å². The lowest BCUT2D eigenvalue weighted by Crippen LogP contribution is -2.22. The van der Waals surface area contributed by atoms with Crippen molar-refractivity contribution in [2.24, 2.45) is 0 Å². The Hall–Kier alpha value is -1.47. The van der Waals surface area contributed by atoms with Crippen LogP contribution in [0.1, 0.15) is 10.4 Å². The first-order chi connectivity index (χ1) is 6.80. The van der Waals surface area contributed by atoms with Crippen molar-refractivity contribution in [2.75, 3.05) is 0 Å². The number of carbonyl (C=O) groups excluding carboxylic acids is 1. The molecule has 0 amide bonds. The predicted molar refractivity (Wildman–Crippen MR) is 38.6 cm³/mol. The molecule has 0 spiro atoms. The molecule has 0 fully saturated rings. The average molecular weight is 228 g/mol. The molecule has 0 aromatic carbocycles. The Morgan fingerprint density at radius 3 is 2.53 bits per heavy atom. The van der Waals surface area contributed by atoms with Gasteiger partial charge in [-0.3, -0.25) is 9.48 Å². The highest BCUT2D eigenvalue weighted by atomic mass is 19.4. The number of carbonyl (C=O) groups is 1. The van der Waals surface area contributed by atoms with E-state index in [1.807, 2.05) is 0 Å². The smallest absolute Gasteiger partial charge is 0.284 e. The third-order valence-corrected chi connectivity index (χ3v) is 1.48. The number of alkyl halides is 5. The molecule has 84 valence electrons. The second-order valence-corrected chi connectivity index (χ2v) is 2.67. The molecular formula is C7H5F5N2O. The van der Waals surface area contributed by atoms with E-state index in [-0.39, 0.29) is 0 Å². The van der Waals surface area contributed by atoms with Gasteiger partial charge in [-0.2, -0.15) is 18.3 Å². The molecule has 0 aliphatic rings. The highest BCUT2D eigenvalue weighted by Crippen LogP contribution is 2.20. The minimum absolute atomic E-state index is 0.587. The van der Waals surface area contributed by atoms with Gasteiger partial charge < -0.3 is 0 Å². The molecule has 0 N–H and O–H groups in total. The molecular weight excluding hydrogens is 223 g/mol. The number of hydrogen-bond acceptors (Lipinski definition) is 2. The molecule has 0 unspecified atom stereocenters. The molecule has 0 aliphatic heterocycles. The number of aromatic nitrogens is 2. The van der Waals surface area contributed by atoms with Gasteiger partial charge in [-0.15, -0.1) is 0 Å². The van der Waals surface area contributed by atoms with Crippen LogP contribution in [0.5, 0.6) is 0 Å². The number of nitrogens with zero attached hydrogens (tertiary/aromatic N) is 2. The fourth-order valence-electron chi connectivity index (χ4n) is 0.886. The molecule has 0 radical (unpaired) electrons. The van der Waals surface area contributed by atoms with E-state index >= 15 is 0 Å². The van der Waals surface area contributed by atoms with E-state index in [2.05, 4.69) is 5.10 Å². The summed E-state index contributed by atoms with van der Waals surface area (Å²) < 4.78 is 59.8. The molecule has 15 heavy (non-hydrogen) atoms. The monoisotopic (exact) mass is 228 g/mol. The van der Waals surface area contributed by atoms with E-state index in [4.69, 9.17) is 0 Å². The van der Waals surface area contributed by atoms with E-state index in [0.717, 1.165) is 0 Å². The molecule has 1 aromatic heterocycles. The normalized spacial score (nSPS) is 12.1. The number of Topliss-reactive ketones (excluding diaryl/α,β-unsaturated/α-hetero) is 1. The minimum atomic E-state index is -5.02. The second kappa shape index (κ2) is 3.95. The largest absolute Gasteiger partial charge is 0.454 e. The Kier molecular flexibility index (Phi) is 3.06. The van der Waals surface area contributed by atoms with Gasteiger partial charge in [0.25, 0.3) is 12.2 Å². The van der Waals surface area contributed by atoms with Crippen molar-refractivity contribution in [2.45, 2.75) is 19.1 Å². The summed E-state index contributed by atoms with van der Waals surface area (Å²) >= 11 is 0.